The lowest BCUT2D eigenvalue weighted by molar-refractivity contribution is 0.983. The van der Waals surface area contributed by atoms with Crippen molar-refractivity contribution in [3.63, 3.8) is 0 Å². The van der Waals surface area contributed by atoms with Gasteiger partial charge in [-0.1, -0.05) is 45.0 Å². The van der Waals surface area contributed by atoms with Crippen molar-refractivity contribution in [1.29, 1.82) is 10.5 Å². The molecule has 0 radical (unpaired) electrons. The molecule has 36 heavy (non-hydrogen) atoms. The van der Waals surface area contributed by atoms with E-state index in [1.807, 2.05) is 36.4 Å². The van der Waals surface area contributed by atoms with E-state index in [9.17, 15) is 10.5 Å². The summed E-state index contributed by atoms with van der Waals surface area (Å²) in [4.78, 5) is 27.9. The molecule has 1 aliphatic heterocycles. The monoisotopic (exact) mass is 594 g/mol. The van der Waals surface area contributed by atoms with Gasteiger partial charge < -0.3 is 9.69 Å². The molecule has 12 heteroatoms. The molecule has 2 aromatic heterocycles. The number of nitrogens with zero attached hydrogens (tertiary/aromatic N) is 10. The molecule has 0 aliphatic carbocycles. The second kappa shape index (κ2) is 9.05. The average Bonchev–Trinajstić information content (AvgIpc) is 2.91. The number of anilines is 6. The first-order chi connectivity index (χ1) is 17.5. The summed E-state index contributed by atoms with van der Waals surface area (Å²) >= 11 is 6.85. The van der Waals surface area contributed by atoms with Crippen LogP contribution in [0.5, 0.6) is 0 Å². The number of benzene rings is 2. The molecule has 0 fully saturated rings. The van der Waals surface area contributed by atoms with E-state index in [4.69, 9.17) is 13.1 Å². The Morgan fingerprint density at radius 3 is 1.25 bits per heavy atom. The van der Waals surface area contributed by atoms with Crippen LogP contribution in [0.15, 0.2) is 57.5 Å². The topological polar surface area (TPSA) is 114 Å². The Bertz CT molecular complexity index is 1490. The standard InChI is InChI=1S/C24H8Br2N10/c1-29-19-20(30-2)34-24-23(33-19)35(15-7-3-13(25)4-8-15)21-22(32-18(12-28)17(11-27)31-21)36(24)16-9-5-14(26)6-10-16/h3-10H. The maximum atomic E-state index is 9.66. The molecule has 0 saturated carbocycles. The summed E-state index contributed by atoms with van der Waals surface area (Å²) in [6.07, 6.45) is 0. The van der Waals surface area contributed by atoms with Gasteiger partial charge in [-0.2, -0.15) is 10.5 Å². The lowest BCUT2D eigenvalue weighted by atomic mass is 10.2. The van der Waals surface area contributed by atoms with Crippen LogP contribution in [0.2, 0.25) is 0 Å². The zero-order chi connectivity index (χ0) is 25.4. The zero-order valence-corrected chi connectivity index (χ0v) is 21.0. The van der Waals surface area contributed by atoms with Crippen LogP contribution in [-0.2, 0) is 0 Å². The van der Waals surface area contributed by atoms with Gasteiger partial charge in [-0.25, -0.2) is 9.97 Å². The second-order valence-corrected chi connectivity index (χ2v) is 8.99. The minimum Gasteiger partial charge on any atom is -0.370 e. The quantitative estimate of drug-likeness (QED) is 0.203. The van der Waals surface area contributed by atoms with Crippen LogP contribution >= 0.6 is 31.9 Å². The number of rotatable bonds is 2. The summed E-state index contributed by atoms with van der Waals surface area (Å²) in [7, 11) is 0. The van der Waals surface area contributed by atoms with Crippen molar-refractivity contribution in [1.82, 2.24) is 19.9 Å². The first kappa shape index (κ1) is 22.9. The first-order valence-electron chi connectivity index (χ1n) is 9.99. The fraction of sp³-hybridized carbons (Fsp3) is 0. The molecule has 3 heterocycles. The summed E-state index contributed by atoms with van der Waals surface area (Å²) in [5, 5.41) is 19.3. The third kappa shape index (κ3) is 3.68. The highest BCUT2D eigenvalue weighted by molar-refractivity contribution is 9.10. The minimum absolute atomic E-state index is 0.159. The molecule has 2 aromatic carbocycles. The number of fused-ring (bicyclic) bond motifs is 2. The SMILES string of the molecule is [C-]#[N+]c1nc2c(nc1[N+]#[C-])N(c1ccc(Br)cc1)c1nc(C#N)c(C#N)nc1N2c1ccc(Br)cc1. The largest absolute Gasteiger partial charge is 0.370 e. The molecule has 5 rings (SSSR count). The summed E-state index contributed by atoms with van der Waals surface area (Å²) in [5.41, 5.74) is 0.877. The van der Waals surface area contributed by atoms with Gasteiger partial charge >= 0.3 is 11.6 Å². The van der Waals surface area contributed by atoms with E-state index in [1.54, 1.807) is 34.1 Å². The molecule has 10 nitrogen and oxygen atoms in total. The van der Waals surface area contributed by atoms with Crippen molar-refractivity contribution in [3.05, 3.63) is 91.7 Å². The third-order valence-corrected chi connectivity index (χ3v) is 6.18. The van der Waals surface area contributed by atoms with E-state index in [0.717, 1.165) is 8.95 Å². The summed E-state index contributed by atoms with van der Waals surface area (Å²) in [6, 6.07) is 18.3. The van der Waals surface area contributed by atoms with Crippen molar-refractivity contribution in [2.75, 3.05) is 9.80 Å². The Kier molecular flexibility index (Phi) is 5.76. The van der Waals surface area contributed by atoms with E-state index < -0.39 is 0 Å². The van der Waals surface area contributed by atoms with Crippen LogP contribution in [0.25, 0.3) is 9.69 Å². The molecule has 0 bridgehead atoms. The van der Waals surface area contributed by atoms with Crippen LogP contribution in [0.1, 0.15) is 11.4 Å². The predicted molar refractivity (Wildman–Crippen MR) is 138 cm³/mol. The smallest absolute Gasteiger partial charge is 0.300 e. The normalized spacial score (nSPS) is 11.4. The van der Waals surface area contributed by atoms with Gasteiger partial charge in [0.2, 0.25) is 0 Å². The summed E-state index contributed by atoms with van der Waals surface area (Å²) in [5.74, 6) is 0.510. The maximum absolute atomic E-state index is 9.66. The molecule has 0 atom stereocenters. The van der Waals surface area contributed by atoms with E-state index in [2.05, 4.69) is 61.5 Å². The number of hydrogen-bond acceptors (Lipinski definition) is 8. The van der Waals surface area contributed by atoms with Crippen molar-refractivity contribution < 1.29 is 0 Å². The third-order valence-electron chi connectivity index (χ3n) is 5.12. The molecule has 1 aliphatic rings. The highest BCUT2D eigenvalue weighted by Crippen LogP contribution is 2.52. The van der Waals surface area contributed by atoms with Gasteiger partial charge in [0, 0.05) is 8.95 Å². The van der Waals surface area contributed by atoms with E-state index in [-0.39, 0.29) is 46.3 Å². The minimum atomic E-state index is -0.174. The predicted octanol–water partition coefficient (Wildman–Crippen LogP) is 6.89. The number of nitriles is 2. The lowest BCUT2D eigenvalue weighted by Crippen LogP contribution is -2.28. The molecule has 0 spiro atoms. The fourth-order valence-electron chi connectivity index (χ4n) is 3.59. The Hall–Kier alpha value is -4.88. The second-order valence-electron chi connectivity index (χ2n) is 7.16. The molecule has 0 unspecified atom stereocenters. The van der Waals surface area contributed by atoms with Gasteiger partial charge in [-0.15, -0.1) is 9.97 Å². The Morgan fingerprint density at radius 1 is 0.611 bits per heavy atom. The lowest BCUT2D eigenvalue weighted by Gasteiger charge is -2.33. The van der Waals surface area contributed by atoms with E-state index >= 15 is 0 Å². The van der Waals surface area contributed by atoms with Crippen LogP contribution < -0.4 is 9.80 Å². The van der Waals surface area contributed by atoms with Gasteiger partial charge in [0.05, 0.1) is 11.4 Å². The van der Waals surface area contributed by atoms with Gasteiger partial charge in [-0.05, 0) is 48.5 Å². The number of halogens is 2. The first-order valence-corrected chi connectivity index (χ1v) is 11.6. The molecule has 0 amide bonds. The van der Waals surface area contributed by atoms with Gasteiger partial charge in [0.1, 0.15) is 12.1 Å². The highest BCUT2D eigenvalue weighted by Gasteiger charge is 2.42. The van der Waals surface area contributed by atoms with E-state index in [0.29, 0.717) is 11.4 Å². The number of hydrogen-bond donors (Lipinski definition) is 0. The zero-order valence-electron chi connectivity index (χ0n) is 17.8. The number of aromatic nitrogens is 4. The van der Waals surface area contributed by atoms with Crippen molar-refractivity contribution in [2.45, 2.75) is 0 Å². The molecule has 4 aromatic rings. The summed E-state index contributed by atoms with van der Waals surface area (Å²) < 4.78 is 1.67. The van der Waals surface area contributed by atoms with Crippen molar-refractivity contribution >= 4 is 78.1 Å². The van der Waals surface area contributed by atoms with Crippen molar-refractivity contribution in [2.24, 2.45) is 0 Å². The molecule has 168 valence electrons. The van der Waals surface area contributed by atoms with Crippen molar-refractivity contribution in [3.8, 4) is 12.1 Å². The van der Waals surface area contributed by atoms with Gasteiger partial charge in [0.15, 0.2) is 23.0 Å². The molecular weight excluding hydrogens is 588 g/mol. The van der Waals surface area contributed by atoms with Crippen LogP contribution in [0, 0.1) is 35.8 Å². The van der Waals surface area contributed by atoms with Crippen LogP contribution in [0.3, 0.4) is 0 Å². The maximum Gasteiger partial charge on any atom is 0.300 e. The van der Waals surface area contributed by atoms with Gasteiger partial charge in [-0.3, -0.25) is 9.80 Å². The fourth-order valence-corrected chi connectivity index (χ4v) is 4.12. The molecule has 0 N–H and O–H groups in total. The Morgan fingerprint density at radius 2 is 0.944 bits per heavy atom. The van der Waals surface area contributed by atoms with Crippen LogP contribution in [0.4, 0.5) is 46.3 Å². The van der Waals surface area contributed by atoms with E-state index in [1.165, 1.54) is 0 Å². The summed E-state index contributed by atoms with van der Waals surface area (Å²) in [6.45, 7) is 15.1. The highest BCUT2D eigenvalue weighted by atomic mass is 79.9. The Labute approximate surface area is 221 Å². The van der Waals surface area contributed by atoms with Crippen LogP contribution in [-0.4, -0.2) is 19.9 Å². The molecular formula is C24H8Br2N10. The Balaban J connectivity index is 1.92. The average molecular weight is 596 g/mol. The molecule has 0 saturated heterocycles. The van der Waals surface area contributed by atoms with Gasteiger partial charge in [0.25, 0.3) is 11.6 Å².